The number of hydrogen-bond donors (Lipinski definition) is 1. The number of rotatable bonds is 5. The topological polar surface area (TPSA) is 125 Å². The van der Waals surface area contributed by atoms with Crippen molar-refractivity contribution in [2.75, 3.05) is 18.8 Å². The molecule has 2 N–H and O–H groups in total. The highest BCUT2D eigenvalue weighted by atomic mass is 19.1. The molecule has 0 radical (unpaired) electrons. The number of aromatic nitrogens is 3. The maximum Gasteiger partial charge on any atom is 0.410 e. The molecule has 2 aromatic heterocycles. The fourth-order valence-corrected chi connectivity index (χ4v) is 4.43. The zero-order chi connectivity index (χ0) is 29.2. The van der Waals surface area contributed by atoms with E-state index in [-0.39, 0.29) is 36.0 Å². The Morgan fingerprint density at radius 2 is 1.75 bits per heavy atom. The van der Waals surface area contributed by atoms with Crippen molar-refractivity contribution in [2.45, 2.75) is 78.2 Å². The first-order chi connectivity index (χ1) is 18.7. The molecule has 2 amide bonds. The van der Waals surface area contributed by atoms with Gasteiger partial charge in [-0.3, -0.25) is 0 Å². The van der Waals surface area contributed by atoms with Crippen LogP contribution in [-0.4, -0.2) is 66.9 Å². The second-order valence-corrected chi connectivity index (χ2v) is 11.8. The van der Waals surface area contributed by atoms with Crippen molar-refractivity contribution in [3.8, 4) is 11.6 Å². The number of halogens is 1. The molecule has 0 saturated carbocycles. The fourth-order valence-electron chi connectivity index (χ4n) is 4.43. The molecule has 4 rings (SSSR count). The van der Waals surface area contributed by atoms with Crippen LogP contribution < -0.4 is 10.5 Å². The largest absolute Gasteiger partial charge is 0.444 e. The molecule has 12 heteroatoms. The average molecular weight is 557 g/mol. The van der Waals surface area contributed by atoms with Crippen molar-refractivity contribution in [2.24, 2.45) is 0 Å². The third kappa shape index (κ3) is 7.10. The van der Waals surface area contributed by atoms with Gasteiger partial charge >= 0.3 is 12.2 Å². The predicted octanol–water partition coefficient (Wildman–Crippen LogP) is 5.38. The van der Waals surface area contributed by atoms with E-state index >= 15 is 0 Å². The molecule has 0 atom stereocenters. The summed E-state index contributed by atoms with van der Waals surface area (Å²) in [5.74, 6) is -0.542. The van der Waals surface area contributed by atoms with Crippen molar-refractivity contribution >= 4 is 23.4 Å². The first-order valence-electron chi connectivity index (χ1n) is 13.2. The fraction of sp³-hybridized carbons (Fsp3) is 0.500. The maximum absolute atomic E-state index is 14.5. The first-order valence-corrected chi connectivity index (χ1v) is 13.2. The van der Waals surface area contributed by atoms with E-state index in [0.29, 0.717) is 37.0 Å². The summed E-state index contributed by atoms with van der Waals surface area (Å²) in [6.45, 7) is 11.9. The number of likely N-dealkylation sites (tertiary alicyclic amines) is 1. The molecular formula is C28H37FN6O5. The van der Waals surface area contributed by atoms with Gasteiger partial charge in [-0.25, -0.2) is 18.5 Å². The summed E-state index contributed by atoms with van der Waals surface area (Å²) in [6.07, 6.45) is 3.26. The number of nitrogens with zero attached hydrogens (tertiary/aromatic N) is 5. The van der Waals surface area contributed by atoms with Crippen LogP contribution in [0.4, 0.5) is 19.7 Å². The molecule has 1 saturated heterocycles. The Kier molecular flexibility index (Phi) is 8.08. The minimum absolute atomic E-state index is 0.0412. The average Bonchev–Trinajstić information content (AvgIpc) is 3.26. The number of ether oxygens (including phenoxy) is 3. The smallest absolute Gasteiger partial charge is 0.410 e. The Labute approximate surface area is 233 Å². The summed E-state index contributed by atoms with van der Waals surface area (Å²) in [6, 6.07) is 5.73. The number of carbonyl (C=O) groups is 2. The molecule has 0 unspecified atom stereocenters. The minimum Gasteiger partial charge on any atom is -0.444 e. The van der Waals surface area contributed by atoms with Crippen LogP contribution in [0, 0.1) is 5.82 Å². The van der Waals surface area contributed by atoms with Crippen molar-refractivity contribution in [3.63, 3.8) is 0 Å². The van der Waals surface area contributed by atoms with Gasteiger partial charge in [-0.15, -0.1) is 0 Å². The van der Waals surface area contributed by atoms with Crippen molar-refractivity contribution in [1.29, 1.82) is 0 Å². The van der Waals surface area contributed by atoms with Gasteiger partial charge in [-0.2, -0.15) is 10.1 Å². The predicted molar refractivity (Wildman–Crippen MR) is 146 cm³/mol. The SMILES string of the molecule is CC(C)(C)OC(=O)N1CCC(N(Cc2ccn3ncnc(Oc4ccc(N)cc4F)c23)C(=O)OC(C)(C)C)CC1. The standard InChI is InChI=1S/C28H37FN6O5/c1-27(2,3)39-25(36)33-12-10-20(11-13-33)34(26(37)40-28(4,5)6)16-18-9-14-35-23(18)24(31-17-32-35)38-22-8-7-19(30)15-21(22)29/h7-9,14-15,17,20H,10-13,16,30H2,1-6H3. The van der Waals surface area contributed by atoms with Crippen LogP contribution in [0.1, 0.15) is 59.9 Å². The number of benzene rings is 1. The highest BCUT2D eigenvalue weighted by molar-refractivity contribution is 5.71. The number of fused-ring (bicyclic) bond motifs is 1. The number of amides is 2. The molecule has 0 aliphatic carbocycles. The van der Waals surface area contributed by atoms with Gasteiger partial charge in [-0.05, 0) is 72.6 Å². The summed E-state index contributed by atoms with van der Waals surface area (Å²) in [5.41, 5.74) is 5.81. The van der Waals surface area contributed by atoms with Gasteiger partial charge in [0.25, 0.3) is 0 Å². The molecule has 216 valence electrons. The van der Waals surface area contributed by atoms with Crippen LogP contribution in [0.15, 0.2) is 36.8 Å². The van der Waals surface area contributed by atoms with E-state index in [4.69, 9.17) is 19.9 Å². The second kappa shape index (κ2) is 11.2. The molecule has 40 heavy (non-hydrogen) atoms. The van der Waals surface area contributed by atoms with Crippen LogP contribution in [-0.2, 0) is 16.0 Å². The van der Waals surface area contributed by atoms with E-state index in [1.54, 1.807) is 20.5 Å². The summed E-state index contributed by atoms with van der Waals surface area (Å²) in [5, 5.41) is 4.24. The van der Waals surface area contributed by atoms with E-state index in [2.05, 4.69) is 10.1 Å². The van der Waals surface area contributed by atoms with Gasteiger partial charge in [0.15, 0.2) is 11.6 Å². The zero-order valence-electron chi connectivity index (χ0n) is 23.8. The highest BCUT2D eigenvalue weighted by Crippen LogP contribution is 2.31. The molecule has 0 bridgehead atoms. The highest BCUT2D eigenvalue weighted by Gasteiger charge is 2.34. The lowest BCUT2D eigenvalue weighted by molar-refractivity contribution is -0.00132. The Morgan fingerprint density at radius 1 is 1.07 bits per heavy atom. The number of hydrogen-bond acceptors (Lipinski definition) is 8. The summed E-state index contributed by atoms with van der Waals surface area (Å²) in [7, 11) is 0. The zero-order valence-corrected chi connectivity index (χ0v) is 23.8. The molecule has 1 fully saturated rings. The summed E-state index contributed by atoms with van der Waals surface area (Å²) >= 11 is 0. The van der Waals surface area contributed by atoms with Crippen LogP contribution in [0.25, 0.3) is 5.52 Å². The normalized spacial score (nSPS) is 14.7. The van der Waals surface area contributed by atoms with Crippen molar-refractivity contribution in [3.05, 3.63) is 48.2 Å². The van der Waals surface area contributed by atoms with Gasteiger partial charge in [0.1, 0.15) is 23.0 Å². The number of anilines is 1. The van der Waals surface area contributed by atoms with Crippen molar-refractivity contribution in [1.82, 2.24) is 24.4 Å². The Balaban J connectivity index is 1.60. The Morgan fingerprint density at radius 3 is 2.38 bits per heavy atom. The van der Waals surface area contributed by atoms with Crippen LogP contribution in [0.2, 0.25) is 0 Å². The minimum atomic E-state index is -0.709. The van der Waals surface area contributed by atoms with Crippen LogP contribution in [0.3, 0.4) is 0 Å². The molecule has 1 aliphatic heterocycles. The summed E-state index contributed by atoms with van der Waals surface area (Å²) < 4.78 is 33.2. The van der Waals surface area contributed by atoms with Gasteiger partial charge in [0, 0.05) is 42.6 Å². The number of carbonyl (C=O) groups excluding carboxylic acids is 2. The van der Waals surface area contributed by atoms with E-state index in [1.807, 2.05) is 47.6 Å². The molecule has 0 spiro atoms. The molecule has 1 aromatic carbocycles. The van der Waals surface area contributed by atoms with Gasteiger partial charge < -0.3 is 29.7 Å². The third-order valence-electron chi connectivity index (χ3n) is 6.19. The van der Waals surface area contributed by atoms with Gasteiger partial charge in [0.2, 0.25) is 5.88 Å². The maximum atomic E-state index is 14.5. The quantitative estimate of drug-likeness (QED) is 0.416. The van der Waals surface area contributed by atoms with Crippen molar-refractivity contribution < 1.29 is 28.2 Å². The molecule has 11 nitrogen and oxygen atoms in total. The molecule has 1 aliphatic rings. The van der Waals surface area contributed by atoms with E-state index < -0.39 is 23.1 Å². The number of piperidine rings is 1. The van der Waals surface area contributed by atoms with Gasteiger partial charge in [-0.1, -0.05) is 0 Å². The number of nitrogens with two attached hydrogens (primary N) is 1. The molecular weight excluding hydrogens is 519 g/mol. The van der Waals surface area contributed by atoms with Crippen LogP contribution in [0.5, 0.6) is 11.6 Å². The monoisotopic (exact) mass is 556 g/mol. The Bertz CT molecular complexity index is 1370. The lowest BCUT2D eigenvalue weighted by Crippen LogP contribution is -2.50. The Hall–Kier alpha value is -4.09. The summed E-state index contributed by atoms with van der Waals surface area (Å²) in [4.78, 5) is 33.6. The van der Waals surface area contributed by atoms with Crippen LogP contribution >= 0.6 is 0 Å². The second-order valence-electron chi connectivity index (χ2n) is 11.8. The van der Waals surface area contributed by atoms with Gasteiger partial charge in [0.05, 0.1) is 6.54 Å². The van der Waals surface area contributed by atoms with E-state index in [1.165, 1.54) is 24.5 Å². The lowest BCUT2D eigenvalue weighted by Gasteiger charge is -2.39. The lowest BCUT2D eigenvalue weighted by atomic mass is 10.0. The molecule has 3 aromatic rings. The first kappa shape index (κ1) is 28.9. The molecule has 3 heterocycles. The van der Waals surface area contributed by atoms with E-state index in [9.17, 15) is 14.0 Å². The van der Waals surface area contributed by atoms with E-state index in [0.717, 1.165) is 0 Å². The number of nitrogen functional groups attached to an aromatic ring is 1. The third-order valence-corrected chi connectivity index (χ3v) is 6.19.